The van der Waals surface area contributed by atoms with Gasteiger partial charge in [0, 0.05) is 17.9 Å². The second-order valence-electron chi connectivity index (χ2n) is 7.36. The molecule has 8 nitrogen and oxygen atoms in total. The molecule has 0 aliphatic carbocycles. The smallest absolute Gasteiger partial charge is 0.338 e. The number of sulfonamides is 1. The molecule has 0 unspecified atom stereocenters. The SMILES string of the molecule is CCOC(=O)c1ccc(NC(=O)Nc2ccc3c(c2)CCN3S(=O)(=O)c2ccccc2)cc1. The Morgan fingerprint density at radius 1 is 0.939 bits per heavy atom. The van der Waals surface area contributed by atoms with Crippen molar-refractivity contribution in [1.29, 1.82) is 0 Å². The van der Waals surface area contributed by atoms with Gasteiger partial charge in [0.25, 0.3) is 10.0 Å². The van der Waals surface area contributed by atoms with Crippen molar-refractivity contribution >= 4 is 39.1 Å². The van der Waals surface area contributed by atoms with Crippen molar-refractivity contribution in [2.75, 3.05) is 28.1 Å². The van der Waals surface area contributed by atoms with Crippen molar-refractivity contribution in [3.63, 3.8) is 0 Å². The summed E-state index contributed by atoms with van der Waals surface area (Å²) >= 11 is 0. The first-order chi connectivity index (χ1) is 15.9. The lowest BCUT2D eigenvalue weighted by Gasteiger charge is -2.19. The summed E-state index contributed by atoms with van der Waals surface area (Å²) < 4.78 is 32.3. The average molecular weight is 466 g/mol. The number of hydrogen-bond acceptors (Lipinski definition) is 5. The summed E-state index contributed by atoms with van der Waals surface area (Å²) in [6.45, 7) is 2.36. The number of ether oxygens (including phenoxy) is 1. The first-order valence-corrected chi connectivity index (χ1v) is 11.9. The number of amides is 2. The summed E-state index contributed by atoms with van der Waals surface area (Å²) in [6, 6.07) is 19.4. The highest BCUT2D eigenvalue weighted by Crippen LogP contribution is 2.34. The summed E-state index contributed by atoms with van der Waals surface area (Å²) in [4.78, 5) is 24.4. The number of carbonyl (C=O) groups excluding carboxylic acids is 2. The van der Waals surface area contributed by atoms with Crippen molar-refractivity contribution in [2.24, 2.45) is 0 Å². The first-order valence-electron chi connectivity index (χ1n) is 10.4. The molecular formula is C24H23N3O5S. The van der Waals surface area contributed by atoms with Gasteiger partial charge in [0.2, 0.25) is 0 Å². The van der Waals surface area contributed by atoms with Crippen LogP contribution in [0.3, 0.4) is 0 Å². The van der Waals surface area contributed by atoms with E-state index in [1.165, 1.54) is 4.31 Å². The molecule has 33 heavy (non-hydrogen) atoms. The van der Waals surface area contributed by atoms with Crippen LogP contribution in [-0.2, 0) is 21.2 Å². The summed E-state index contributed by atoms with van der Waals surface area (Å²) in [5.74, 6) is -0.421. The normalized spacial score (nSPS) is 12.7. The van der Waals surface area contributed by atoms with Gasteiger partial charge in [0.15, 0.2) is 0 Å². The maximum absolute atomic E-state index is 13.0. The zero-order valence-electron chi connectivity index (χ0n) is 17.9. The third-order valence-electron chi connectivity index (χ3n) is 5.18. The molecule has 0 bridgehead atoms. The Labute approximate surface area is 192 Å². The van der Waals surface area contributed by atoms with Crippen LogP contribution < -0.4 is 14.9 Å². The van der Waals surface area contributed by atoms with E-state index in [4.69, 9.17) is 4.74 Å². The lowest BCUT2D eigenvalue weighted by molar-refractivity contribution is 0.0526. The number of urea groups is 1. The summed E-state index contributed by atoms with van der Waals surface area (Å²) in [5, 5.41) is 5.46. The molecule has 0 spiro atoms. The molecule has 0 saturated heterocycles. The van der Waals surface area contributed by atoms with E-state index in [0.717, 1.165) is 5.56 Å². The van der Waals surface area contributed by atoms with Gasteiger partial charge in [-0.15, -0.1) is 0 Å². The summed E-state index contributed by atoms with van der Waals surface area (Å²) in [6.07, 6.45) is 0.549. The number of anilines is 3. The topological polar surface area (TPSA) is 105 Å². The Hall–Kier alpha value is -3.85. The second kappa shape index (κ2) is 9.33. The van der Waals surface area contributed by atoms with Gasteiger partial charge in [0.1, 0.15) is 0 Å². The maximum Gasteiger partial charge on any atom is 0.338 e. The number of esters is 1. The highest BCUT2D eigenvalue weighted by atomic mass is 32.2. The Balaban J connectivity index is 1.43. The fraction of sp³-hybridized carbons (Fsp3) is 0.167. The molecule has 9 heteroatoms. The molecule has 0 fully saturated rings. The number of hydrogen-bond donors (Lipinski definition) is 2. The number of nitrogens with zero attached hydrogens (tertiary/aromatic N) is 1. The predicted molar refractivity (Wildman–Crippen MR) is 126 cm³/mol. The monoisotopic (exact) mass is 465 g/mol. The quantitative estimate of drug-likeness (QED) is 0.530. The van der Waals surface area contributed by atoms with Crippen LogP contribution in [-0.4, -0.2) is 33.6 Å². The van der Waals surface area contributed by atoms with Gasteiger partial charge in [-0.05, 0) is 73.5 Å². The molecule has 2 N–H and O–H groups in total. The minimum Gasteiger partial charge on any atom is -0.462 e. The van der Waals surface area contributed by atoms with Crippen LogP contribution in [0.5, 0.6) is 0 Å². The number of carbonyl (C=O) groups is 2. The van der Waals surface area contributed by atoms with Crippen molar-refractivity contribution in [3.8, 4) is 0 Å². The van der Waals surface area contributed by atoms with Gasteiger partial charge in [0.05, 0.1) is 22.8 Å². The molecule has 4 rings (SSSR count). The zero-order chi connectivity index (χ0) is 23.4. The average Bonchev–Trinajstić information content (AvgIpc) is 3.24. The molecule has 3 aromatic rings. The third kappa shape index (κ3) is 4.83. The second-order valence-corrected chi connectivity index (χ2v) is 9.22. The van der Waals surface area contributed by atoms with Crippen LogP contribution in [0.2, 0.25) is 0 Å². The highest BCUT2D eigenvalue weighted by molar-refractivity contribution is 7.92. The molecule has 170 valence electrons. The lowest BCUT2D eigenvalue weighted by Crippen LogP contribution is -2.29. The van der Waals surface area contributed by atoms with E-state index in [1.807, 2.05) is 0 Å². The maximum atomic E-state index is 13.0. The zero-order valence-corrected chi connectivity index (χ0v) is 18.8. The van der Waals surface area contributed by atoms with Crippen LogP contribution in [0.4, 0.5) is 21.9 Å². The molecule has 0 aromatic heterocycles. The molecular weight excluding hydrogens is 442 g/mol. The Kier molecular flexibility index (Phi) is 6.32. The third-order valence-corrected chi connectivity index (χ3v) is 7.00. The Morgan fingerprint density at radius 3 is 2.30 bits per heavy atom. The standard InChI is InChI=1S/C24H23N3O5S/c1-2-32-23(28)17-8-10-19(11-9-17)25-24(29)26-20-12-13-22-18(16-20)14-15-27(22)33(30,31)21-6-4-3-5-7-21/h3-13,16H,2,14-15H2,1H3,(H2,25,26,29). The minimum absolute atomic E-state index is 0.244. The van der Waals surface area contributed by atoms with Crippen LogP contribution in [0.15, 0.2) is 77.7 Å². The highest BCUT2D eigenvalue weighted by Gasteiger charge is 2.30. The van der Waals surface area contributed by atoms with Crippen molar-refractivity contribution in [1.82, 2.24) is 0 Å². The number of rotatable bonds is 6. The van der Waals surface area contributed by atoms with E-state index < -0.39 is 22.0 Å². The molecule has 2 amide bonds. The van der Waals surface area contributed by atoms with Crippen molar-refractivity contribution < 1.29 is 22.7 Å². The minimum atomic E-state index is -3.64. The van der Waals surface area contributed by atoms with Gasteiger partial charge in [-0.25, -0.2) is 18.0 Å². The molecule has 0 saturated carbocycles. The largest absolute Gasteiger partial charge is 0.462 e. The van der Waals surface area contributed by atoms with Gasteiger partial charge >= 0.3 is 12.0 Å². The number of fused-ring (bicyclic) bond motifs is 1. The van der Waals surface area contributed by atoms with Gasteiger partial charge in [-0.3, -0.25) is 4.31 Å². The lowest BCUT2D eigenvalue weighted by atomic mass is 10.1. The van der Waals surface area contributed by atoms with Gasteiger partial charge < -0.3 is 15.4 Å². The fourth-order valence-electron chi connectivity index (χ4n) is 3.62. The van der Waals surface area contributed by atoms with E-state index in [9.17, 15) is 18.0 Å². The van der Waals surface area contributed by atoms with E-state index >= 15 is 0 Å². The van der Waals surface area contributed by atoms with E-state index in [1.54, 1.807) is 79.7 Å². The van der Waals surface area contributed by atoms with Crippen molar-refractivity contribution in [3.05, 3.63) is 83.9 Å². The Morgan fingerprint density at radius 2 is 1.61 bits per heavy atom. The van der Waals surface area contributed by atoms with E-state index in [0.29, 0.717) is 35.6 Å². The summed E-state index contributed by atoms with van der Waals surface area (Å²) in [7, 11) is -3.64. The number of benzene rings is 3. The van der Waals surface area contributed by atoms with E-state index in [-0.39, 0.29) is 11.5 Å². The number of nitrogens with one attached hydrogen (secondary N) is 2. The van der Waals surface area contributed by atoms with Crippen LogP contribution in [0, 0.1) is 0 Å². The van der Waals surface area contributed by atoms with Crippen molar-refractivity contribution in [2.45, 2.75) is 18.2 Å². The van der Waals surface area contributed by atoms with Gasteiger partial charge in [-0.2, -0.15) is 0 Å². The molecule has 1 aliphatic rings. The fourth-order valence-corrected chi connectivity index (χ4v) is 5.14. The molecule has 1 heterocycles. The van der Waals surface area contributed by atoms with Crippen LogP contribution >= 0.6 is 0 Å². The molecule has 3 aromatic carbocycles. The molecule has 0 atom stereocenters. The molecule has 0 radical (unpaired) electrons. The summed E-state index contributed by atoms with van der Waals surface area (Å²) in [5.41, 5.74) is 2.91. The van der Waals surface area contributed by atoms with Gasteiger partial charge in [-0.1, -0.05) is 18.2 Å². The van der Waals surface area contributed by atoms with Crippen LogP contribution in [0.25, 0.3) is 0 Å². The van der Waals surface area contributed by atoms with Crippen LogP contribution in [0.1, 0.15) is 22.8 Å². The van der Waals surface area contributed by atoms with E-state index in [2.05, 4.69) is 10.6 Å². The predicted octanol–water partition coefficient (Wildman–Crippen LogP) is 4.26. The first kappa shape index (κ1) is 22.3. The molecule has 1 aliphatic heterocycles. The Bertz CT molecular complexity index is 1280.